The van der Waals surface area contributed by atoms with E-state index in [0.717, 1.165) is 30.9 Å². The summed E-state index contributed by atoms with van der Waals surface area (Å²) >= 11 is 0. The second-order valence-corrected chi connectivity index (χ2v) is 5.96. The van der Waals surface area contributed by atoms with E-state index in [1.807, 2.05) is 6.07 Å². The SMILES string of the molecule is CCC(CC)CN(CC)CC(=O)c1cc(C)n(CC)c1C. The second-order valence-electron chi connectivity index (χ2n) is 5.96. The standard InChI is InChI=1S/C18H32N2O/c1-7-16(8-2)12-19(9-3)13-18(21)17-11-14(5)20(10-4)15(17)6/h11,16H,7-10,12-13H2,1-6H3. The molecule has 0 aliphatic rings. The zero-order valence-electron chi connectivity index (χ0n) is 14.7. The maximum atomic E-state index is 12.6. The quantitative estimate of drug-likeness (QED) is 0.641. The van der Waals surface area contributed by atoms with E-state index >= 15 is 0 Å². The first-order valence-corrected chi connectivity index (χ1v) is 8.40. The van der Waals surface area contributed by atoms with E-state index < -0.39 is 0 Å². The van der Waals surface area contributed by atoms with Crippen LogP contribution in [0.25, 0.3) is 0 Å². The van der Waals surface area contributed by atoms with Crippen LogP contribution < -0.4 is 0 Å². The predicted octanol–water partition coefficient (Wildman–Crippen LogP) is 4.07. The van der Waals surface area contributed by atoms with Crippen LogP contribution in [0, 0.1) is 19.8 Å². The number of aryl methyl sites for hydroxylation is 1. The van der Waals surface area contributed by atoms with E-state index in [9.17, 15) is 4.79 Å². The molecule has 0 unspecified atom stereocenters. The fourth-order valence-corrected chi connectivity index (χ4v) is 3.08. The summed E-state index contributed by atoms with van der Waals surface area (Å²) in [5.41, 5.74) is 3.19. The van der Waals surface area contributed by atoms with Gasteiger partial charge in [0.2, 0.25) is 0 Å². The smallest absolute Gasteiger partial charge is 0.178 e. The Morgan fingerprint density at radius 1 is 1.19 bits per heavy atom. The maximum absolute atomic E-state index is 12.6. The van der Waals surface area contributed by atoms with Crippen molar-refractivity contribution in [2.75, 3.05) is 19.6 Å². The molecule has 1 aromatic heterocycles. The Labute approximate surface area is 130 Å². The fraction of sp³-hybridized carbons (Fsp3) is 0.722. The first kappa shape index (κ1) is 18.0. The normalized spacial score (nSPS) is 11.6. The van der Waals surface area contributed by atoms with Crippen LogP contribution in [-0.4, -0.2) is 34.9 Å². The number of aromatic nitrogens is 1. The molecule has 0 saturated carbocycles. The van der Waals surface area contributed by atoms with Gasteiger partial charge in [0.05, 0.1) is 6.54 Å². The van der Waals surface area contributed by atoms with Crippen LogP contribution >= 0.6 is 0 Å². The molecule has 120 valence electrons. The summed E-state index contributed by atoms with van der Waals surface area (Å²) in [5.74, 6) is 0.955. The Morgan fingerprint density at radius 2 is 1.81 bits per heavy atom. The van der Waals surface area contributed by atoms with Crippen molar-refractivity contribution < 1.29 is 4.79 Å². The molecule has 0 atom stereocenters. The molecule has 1 rings (SSSR count). The first-order valence-electron chi connectivity index (χ1n) is 8.40. The van der Waals surface area contributed by atoms with E-state index in [0.29, 0.717) is 12.5 Å². The van der Waals surface area contributed by atoms with Crippen LogP contribution in [0.1, 0.15) is 62.3 Å². The van der Waals surface area contributed by atoms with Gasteiger partial charge in [0.1, 0.15) is 0 Å². The van der Waals surface area contributed by atoms with Gasteiger partial charge < -0.3 is 4.57 Å². The van der Waals surface area contributed by atoms with Gasteiger partial charge in [0.15, 0.2) is 5.78 Å². The van der Waals surface area contributed by atoms with Crippen molar-refractivity contribution in [1.29, 1.82) is 0 Å². The van der Waals surface area contributed by atoms with Crippen molar-refractivity contribution in [2.24, 2.45) is 5.92 Å². The molecule has 0 saturated heterocycles. The number of ketones is 1. The third kappa shape index (κ3) is 4.44. The number of likely N-dealkylation sites (N-methyl/N-ethyl adjacent to an activating group) is 1. The molecule has 0 amide bonds. The number of carbonyl (C=O) groups excluding carboxylic acids is 1. The average Bonchev–Trinajstić information content (AvgIpc) is 2.77. The third-order valence-electron chi connectivity index (χ3n) is 4.68. The van der Waals surface area contributed by atoms with Crippen LogP contribution in [-0.2, 0) is 6.54 Å². The van der Waals surface area contributed by atoms with Crippen LogP contribution in [0.3, 0.4) is 0 Å². The highest BCUT2D eigenvalue weighted by atomic mass is 16.1. The minimum Gasteiger partial charge on any atom is -0.349 e. The highest BCUT2D eigenvalue weighted by Crippen LogP contribution is 2.17. The minimum atomic E-state index is 0.260. The lowest BCUT2D eigenvalue weighted by atomic mass is 10.0. The molecule has 0 N–H and O–H groups in total. The lowest BCUT2D eigenvalue weighted by Crippen LogP contribution is -2.34. The summed E-state index contributed by atoms with van der Waals surface area (Å²) in [6.07, 6.45) is 2.37. The number of Topliss-reactive ketones (excluding diaryl/α,β-unsaturated/α-hetero) is 1. The third-order valence-corrected chi connectivity index (χ3v) is 4.68. The molecule has 0 aromatic carbocycles. The lowest BCUT2D eigenvalue weighted by Gasteiger charge is -2.24. The van der Waals surface area contributed by atoms with E-state index in [2.05, 4.69) is 51.0 Å². The molecule has 21 heavy (non-hydrogen) atoms. The van der Waals surface area contributed by atoms with Crippen molar-refractivity contribution >= 4 is 5.78 Å². The van der Waals surface area contributed by atoms with Gasteiger partial charge in [-0.05, 0) is 39.3 Å². The summed E-state index contributed by atoms with van der Waals surface area (Å²) in [5, 5.41) is 0. The molecule has 0 aliphatic heterocycles. The largest absolute Gasteiger partial charge is 0.349 e. The number of carbonyl (C=O) groups is 1. The zero-order chi connectivity index (χ0) is 16.0. The Kier molecular flexibility index (Phi) is 7.16. The van der Waals surface area contributed by atoms with Crippen molar-refractivity contribution in [3.63, 3.8) is 0 Å². The highest BCUT2D eigenvalue weighted by molar-refractivity contribution is 5.99. The lowest BCUT2D eigenvalue weighted by molar-refractivity contribution is 0.0920. The molecule has 1 aromatic rings. The van der Waals surface area contributed by atoms with Gasteiger partial charge in [-0.2, -0.15) is 0 Å². The van der Waals surface area contributed by atoms with E-state index in [1.54, 1.807) is 0 Å². The van der Waals surface area contributed by atoms with Crippen molar-refractivity contribution in [1.82, 2.24) is 9.47 Å². The molecule has 3 heteroatoms. The molecule has 0 fully saturated rings. The van der Waals surface area contributed by atoms with Crippen molar-refractivity contribution in [3.8, 4) is 0 Å². The Morgan fingerprint density at radius 3 is 2.24 bits per heavy atom. The molecule has 0 spiro atoms. The van der Waals surface area contributed by atoms with Gasteiger partial charge in [-0.15, -0.1) is 0 Å². The summed E-state index contributed by atoms with van der Waals surface area (Å²) in [7, 11) is 0. The molecule has 1 heterocycles. The number of nitrogens with zero attached hydrogens (tertiary/aromatic N) is 2. The van der Waals surface area contributed by atoms with Gasteiger partial charge in [-0.25, -0.2) is 0 Å². The average molecular weight is 292 g/mol. The van der Waals surface area contributed by atoms with Crippen molar-refractivity contribution in [2.45, 2.75) is 60.9 Å². The van der Waals surface area contributed by atoms with Crippen LogP contribution in [0.15, 0.2) is 6.07 Å². The van der Waals surface area contributed by atoms with Gasteiger partial charge in [0.25, 0.3) is 0 Å². The van der Waals surface area contributed by atoms with Crippen LogP contribution in [0.5, 0.6) is 0 Å². The maximum Gasteiger partial charge on any atom is 0.178 e. The summed E-state index contributed by atoms with van der Waals surface area (Å²) in [4.78, 5) is 14.9. The molecular weight excluding hydrogens is 260 g/mol. The topological polar surface area (TPSA) is 25.2 Å². The van der Waals surface area contributed by atoms with E-state index in [4.69, 9.17) is 0 Å². The van der Waals surface area contributed by atoms with E-state index in [-0.39, 0.29) is 5.78 Å². The molecule has 0 radical (unpaired) electrons. The fourth-order valence-electron chi connectivity index (χ4n) is 3.08. The molecule has 0 aliphatic carbocycles. The first-order chi connectivity index (χ1) is 9.98. The number of hydrogen-bond acceptors (Lipinski definition) is 2. The Hall–Kier alpha value is -1.09. The van der Waals surface area contributed by atoms with Crippen LogP contribution in [0.2, 0.25) is 0 Å². The van der Waals surface area contributed by atoms with Gasteiger partial charge in [-0.3, -0.25) is 9.69 Å². The van der Waals surface area contributed by atoms with Gasteiger partial charge in [-0.1, -0.05) is 33.6 Å². The zero-order valence-corrected chi connectivity index (χ0v) is 14.7. The minimum absolute atomic E-state index is 0.260. The second kappa shape index (κ2) is 8.38. The Bertz CT molecular complexity index is 458. The van der Waals surface area contributed by atoms with Gasteiger partial charge >= 0.3 is 0 Å². The van der Waals surface area contributed by atoms with E-state index in [1.165, 1.54) is 18.5 Å². The van der Waals surface area contributed by atoms with Crippen molar-refractivity contribution in [3.05, 3.63) is 23.0 Å². The monoisotopic (exact) mass is 292 g/mol. The molecule has 0 bridgehead atoms. The molecule has 3 nitrogen and oxygen atoms in total. The van der Waals surface area contributed by atoms with Gasteiger partial charge in [0, 0.05) is 30.0 Å². The highest BCUT2D eigenvalue weighted by Gasteiger charge is 2.18. The molecular formula is C18H32N2O. The predicted molar refractivity (Wildman–Crippen MR) is 90.1 cm³/mol. The summed E-state index contributed by atoms with van der Waals surface area (Å²) in [6.45, 7) is 16.3. The number of rotatable bonds is 9. The van der Waals surface area contributed by atoms with Crippen LogP contribution in [0.4, 0.5) is 0 Å². The summed E-state index contributed by atoms with van der Waals surface area (Å²) in [6, 6.07) is 2.05. The Balaban J connectivity index is 2.79. The summed E-state index contributed by atoms with van der Waals surface area (Å²) < 4.78 is 2.21. The number of hydrogen-bond donors (Lipinski definition) is 0.